The van der Waals surface area contributed by atoms with Gasteiger partial charge in [0, 0.05) is 18.7 Å². The number of nitrogens with zero attached hydrogens (tertiary/aromatic N) is 1. The molecule has 0 unspecified atom stereocenters. The molecule has 2 aromatic carbocycles. The summed E-state index contributed by atoms with van der Waals surface area (Å²) in [5, 5.41) is 2.91. The predicted molar refractivity (Wildman–Crippen MR) is 93.9 cm³/mol. The van der Waals surface area contributed by atoms with E-state index < -0.39 is 0 Å². The molecular weight excluding hydrogens is 288 g/mol. The number of carbonyl (C=O) groups excluding carboxylic acids is 1. The first-order valence-electron chi connectivity index (χ1n) is 7.85. The molecule has 0 atom stereocenters. The highest BCUT2D eigenvalue weighted by Gasteiger charge is 2.03. The van der Waals surface area contributed by atoms with Crippen molar-refractivity contribution in [3.63, 3.8) is 0 Å². The van der Waals surface area contributed by atoms with Crippen LogP contribution in [0.1, 0.15) is 12.0 Å². The summed E-state index contributed by atoms with van der Waals surface area (Å²) in [5.41, 5.74) is 1.97. The van der Waals surface area contributed by atoms with Crippen molar-refractivity contribution in [2.24, 2.45) is 0 Å². The lowest BCUT2D eigenvalue weighted by molar-refractivity contribution is -0.116. The van der Waals surface area contributed by atoms with Gasteiger partial charge in [0.15, 0.2) is 0 Å². The number of hydrogen-bond acceptors (Lipinski definition) is 3. The van der Waals surface area contributed by atoms with Gasteiger partial charge in [-0.1, -0.05) is 30.3 Å². The van der Waals surface area contributed by atoms with Crippen molar-refractivity contribution < 1.29 is 9.53 Å². The van der Waals surface area contributed by atoms with Crippen LogP contribution in [0.15, 0.2) is 54.6 Å². The molecular formula is C19H24N2O2. The molecule has 0 aliphatic heterocycles. The second-order valence-electron chi connectivity index (χ2n) is 5.71. The normalized spacial score (nSPS) is 10.6. The highest BCUT2D eigenvalue weighted by molar-refractivity contribution is 5.90. The Bertz CT molecular complexity index is 595. The Morgan fingerprint density at radius 3 is 2.39 bits per heavy atom. The third-order valence-corrected chi connectivity index (χ3v) is 3.43. The highest BCUT2D eigenvalue weighted by atomic mass is 16.5. The molecule has 0 heterocycles. The Morgan fingerprint density at radius 1 is 1.04 bits per heavy atom. The van der Waals surface area contributed by atoms with Crippen LogP contribution in [-0.2, 0) is 11.2 Å². The lowest BCUT2D eigenvalue weighted by Gasteiger charge is -2.11. The number of benzene rings is 2. The minimum atomic E-state index is 0.0233. The molecule has 0 radical (unpaired) electrons. The topological polar surface area (TPSA) is 41.6 Å². The molecule has 0 aliphatic carbocycles. The second kappa shape index (κ2) is 8.96. The van der Waals surface area contributed by atoms with Crippen LogP contribution in [0.3, 0.4) is 0 Å². The number of rotatable bonds is 8. The van der Waals surface area contributed by atoms with Gasteiger partial charge < -0.3 is 15.0 Å². The minimum Gasteiger partial charge on any atom is -0.492 e. The molecule has 23 heavy (non-hydrogen) atoms. The third kappa shape index (κ3) is 6.53. The first-order valence-corrected chi connectivity index (χ1v) is 7.85. The molecule has 4 nitrogen and oxygen atoms in total. The standard InChI is InChI=1S/C19H24N2O2/c1-21(2)14-15-23-18-11-9-17(10-12-18)20-19(22)13-8-16-6-4-3-5-7-16/h3-7,9-12H,8,13-15H2,1-2H3,(H,20,22). The Balaban J connectivity index is 1.75. The van der Waals surface area contributed by atoms with Gasteiger partial charge in [-0.3, -0.25) is 4.79 Å². The fourth-order valence-electron chi connectivity index (χ4n) is 2.11. The van der Waals surface area contributed by atoms with Gasteiger partial charge in [0.2, 0.25) is 5.91 Å². The average Bonchev–Trinajstić information content (AvgIpc) is 2.55. The van der Waals surface area contributed by atoms with Crippen molar-refractivity contribution in [1.82, 2.24) is 4.90 Å². The Hall–Kier alpha value is -2.33. The van der Waals surface area contributed by atoms with Gasteiger partial charge in [-0.15, -0.1) is 0 Å². The fourth-order valence-corrected chi connectivity index (χ4v) is 2.11. The zero-order valence-electron chi connectivity index (χ0n) is 13.8. The zero-order valence-corrected chi connectivity index (χ0v) is 13.8. The van der Waals surface area contributed by atoms with Crippen LogP contribution in [0, 0.1) is 0 Å². The van der Waals surface area contributed by atoms with Crippen LogP contribution in [-0.4, -0.2) is 38.1 Å². The number of nitrogens with one attached hydrogen (secondary N) is 1. The first kappa shape index (κ1) is 17.0. The van der Waals surface area contributed by atoms with E-state index in [4.69, 9.17) is 4.74 Å². The number of amides is 1. The highest BCUT2D eigenvalue weighted by Crippen LogP contribution is 2.16. The number of hydrogen-bond donors (Lipinski definition) is 1. The molecule has 0 aliphatic rings. The maximum atomic E-state index is 12.0. The number of carbonyl (C=O) groups is 1. The number of likely N-dealkylation sites (N-methyl/N-ethyl adjacent to an activating group) is 1. The number of aryl methyl sites for hydroxylation is 1. The lowest BCUT2D eigenvalue weighted by atomic mass is 10.1. The summed E-state index contributed by atoms with van der Waals surface area (Å²) in [6.45, 7) is 1.52. The molecule has 0 saturated carbocycles. The number of ether oxygens (including phenoxy) is 1. The molecule has 0 spiro atoms. The van der Waals surface area contributed by atoms with E-state index in [1.807, 2.05) is 68.7 Å². The quantitative estimate of drug-likeness (QED) is 0.814. The largest absolute Gasteiger partial charge is 0.492 e. The van der Waals surface area contributed by atoms with Crippen LogP contribution < -0.4 is 10.1 Å². The molecule has 0 aromatic heterocycles. The molecule has 0 fully saturated rings. The molecule has 122 valence electrons. The molecule has 4 heteroatoms. The SMILES string of the molecule is CN(C)CCOc1ccc(NC(=O)CCc2ccccc2)cc1. The van der Waals surface area contributed by atoms with Gasteiger partial charge in [0.25, 0.3) is 0 Å². The van der Waals surface area contributed by atoms with Gasteiger partial charge in [-0.25, -0.2) is 0 Å². The van der Waals surface area contributed by atoms with Gasteiger partial charge >= 0.3 is 0 Å². The lowest BCUT2D eigenvalue weighted by Crippen LogP contribution is -2.19. The summed E-state index contributed by atoms with van der Waals surface area (Å²) in [5.74, 6) is 0.837. The van der Waals surface area contributed by atoms with Gasteiger partial charge in [-0.2, -0.15) is 0 Å². The van der Waals surface area contributed by atoms with Gasteiger partial charge in [-0.05, 0) is 50.3 Å². The first-order chi connectivity index (χ1) is 11.1. The maximum Gasteiger partial charge on any atom is 0.224 e. The van der Waals surface area contributed by atoms with E-state index in [0.29, 0.717) is 13.0 Å². The predicted octanol–water partition coefficient (Wildman–Crippen LogP) is 3.20. The summed E-state index contributed by atoms with van der Waals surface area (Å²) in [6.07, 6.45) is 1.23. The van der Waals surface area contributed by atoms with Crippen molar-refractivity contribution in [3.8, 4) is 5.75 Å². The molecule has 0 bridgehead atoms. The average molecular weight is 312 g/mol. The Kier molecular flexibility index (Phi) is 6.63. The van der Waals surface area contributed by atoms with E-state index in [9.17, 15) is 4.79 Å². The summed E-state index contributed by atoms with van der Waals surface area (Å²) in [6, 6.07) is 17.5. The molecule has 2 rings (SSSR count). The van der Waals surface area contributed by atoms with Gasteiger partial charge in [0.05, 0.1) is 0 Å². The summed E-state index contributed by atoms with van der Waals surface area (Å²) in [7, 11) is 4.02. The van der Waals surface area contributed by atoms with Crippen LogP contribution in [0.2, 0.25) is 0 Å². The maximum absolute atomic E-state index is 12.0. The smallest absolute Gasteiger partial charge is 0.224 e. The van der Waals surface area contributed by atoms with Crippen molar-refractivity contribution in [3.05, 3.63) is 60.2 Å². The minimum absolute atomic E-state index is 0.0233. The van der Waals surface area contributed by atoms with Crippen molar-refractivity contribution in [2.75, 3.05) is 32.6 Å². The van der Waals surface area contributed by atoms with E-state index >= 15 is 0 Å². The molecule has 0 saturated heterocycles. The molecule has 1 N–H and O–H groups in total. The number of anilines is 1. The summed E-state index contributed by atoms with van der Waals surface area (Å²) in [4.78, 5) is 14.0. The van der Waals surface area contributed by atoms with Crippen molar-refractivity contribution in [1.29, 1.82) is 0 Å². The Labute approximate surface area is 138 Å². The van der Waals surface area contributed by atoms with E-state index in [2.05, 4.69) is 10.2 Å². The van der Waals surface area contributed by atoms with E-state index in [0.717, 1.165) is 24.4 Å². The monoisotopic (exact) mass is 312 g/mol. The van der Waals surface area contributed by atoms with E-state index in [1.54, 1.807) is 0 Å². The second-order valence-corrected chi connectivity index (χ2v) is 5.71. The van der Waals surface area contributed by atoms with Crippen LogP contribution in [0.4, 0.5) is 5.69 Å². The van der Waals surface area contributed by atoms with Crippen molar-refractivity contribution >= 4 is 11.6 Å². The molecule has 2 aromatic rings. The van der Waals surface area contributed by atoms with Crippen LogP contribution in [0.5, 0.6) is 5.75 Å². The molecule has 1 amide bonds. The van der Waals surface area contributed by atoms with Crippen molar-refractivity contribution in [2.45, 2.75) is 12.8 Å². The summed E-state index contributed by atoms with van der Waals surface area (Å²) >= 11 is 0. The van der Waals surface area contributed by atoms with E-state index in [1.165, 1.54) is 5.56 Å². The van der Waals surface area contributed by atoms with Crippen LogP contribution in [0.25, 0.3) is 0 Å². The zero-order chi connectivity index (χ0) is 16.5. The third-order valence-electron chi connectivity index (χ3n) is 3.43. The fraction of sp³-hybridized carbons (Fsp3) is 0.316. The summed E-state index contributed by atoms with van der Waals surface area (Å²) < 4.78 is 5.63. The Morgan fingerprint density at radius 2 is 1.74 bits per heavy atom. The van der Waals surface area contributed by atoms with E-state index in [-0.39, 0.29) is 5.91 Å². The van der Waals surface area contributed by atoms with Gasteiger partial charge in [0.1, 0.15) is 12.4 Å². The van der Waals surface area contributed by atoms with Crippen LogP contribution >= 0.6 is 0 Å².